The molecule has 0 aliphatic rings. The third-order valence-electron chi connectivity index (χ3n) is 3.14. The maximum Gasteiger partial charge on any atom is 0.239 e. The molecule has 4 N–H and O–H groups in total. The Balaban J connectivity index is 2.05. The molecule has 1 heterocycles. The van der Waals surface area contributed by atoms with Gasteiger partial charge in [-0.15, -0.1) is 0 Å². The minimum atomic E-state index is 0.387. The molecule has 1 aromatic heterocycles. The van der Waals surface area contributed by atoms with Crippen molar-refractivity contribution in [1.82, 2.24) is 9.97 Å². The zero-order chi connectivity index (χ0) is 13.9. The molecule has 5 nitrogen and oxygen atoms in total. The Bertz CT molecular complexity index is 749. The number of benzene rings is 2. The van der Waals surface area contributed by atoms with Crippen molar-refractivity contribution in [3.05, 3.63) is 54.2 Å². The quantitative estimate of drug-likeness (QED) is 0.501. The van der Waals surface area contributed by atoms with Crippen LogP contribution in [0.4, 0.5) is 17.5 Å². The number of nitrogens with zero attached hydrogens (tertiary/aromatic N) is 2. The Hall–Kier alpha value is -2.66. The van der Waals surface area contributed by atoms with Crippen molar-refractivity contribution in [1.29, 1.82) is 0 Å². The second kappa shape index (κ2) is 5.14. The summed E-state index contributed by atoms with van der Waals surface area (Å²) in [7, 11) is 0. The molecular weight excluding hydrogens is 250 g/mol. The van der Waals surface area contributed by atoms with Crippen LogP contribution in [0.2, 0.25) is 0 Å². The maximum atomic E-state index is 5.35. The molecule has 0 spiro atoms. The van der Waals surface area contributed by atoms with E-state index in [1.807, 2.05) is 31.2 Å². The maximum absolute atomic E-state index is 5.35. The first kappa shape index (κ1) is 12.4. The minimum Gasteiger partial charge on any atom is -0.339 e. The summed E-state index contributed by atoms with van der Waals surface area (Å²) < 4.78 is 0. The molecule has 0 unspecified atom stereocenters. The van der Waals surface area contributed by atoms with Gasteiger partial charge in [0, 0.05) is 22.8 Å². The molecule has 20 heavy (non-hydrogen) atoms. The van der Waals surface area contributed by atoms with Gasteiger partial charge in [0.2, 0.25) is 5.95 Å². The van der Waals surface area contributed by atoms with Crippen molar-refractivity contribution in [2.75, 3.05) is 10.7 Å². The molecule has 0 amide bonds. The van der Waals surface area contributed by atoms with E-state index in [1.165, 1.54) is 5.39 Å². The van der Waals surface area contributed by atoms with E-state index in [9.17, 15) is 0 Å². The molecule has 0 saturated heterocycles. The fourth-order valence-electron chi connectivity index (χ4n) is 2.10. The van der Waals surface area contributed by atoms with Crippen LogP contribution in [0.1, 0.15) is 5.56 Å². The van der Waals surface area contributed by atoms with E-state index in [4.69, 9.17) is 5.84 Å². The van der Waals surface area contributed by atoms with E-state index in [-0.39, 0.29) is 0 Å². The summed E-state index contributed by atoms with van der Waals surface area (Å²) >= 11 is 0. The normalized spacial score (nSPS) is 10.5. The van der Waals surface area contributed by atoms with Crippen molar-refractivity contribution in [3.8, 4) is 0 Å². The van der Waals surface area contributed by atoms with Crippen LogP contribution in [0, 0.1) is 6.92 Å². The van der Waals surface area contributed by atoms with Gasteiger partial charge in [0.25, 0.3) is 0 Å². The number of rotatable bonds is 3. The summed E-state index contributed by atoms with van der Waals surface area (Å²) in [6.07, 6.45) is 1.73. The van der Waals surface area contributed by atoms with Crippen molar-refractivity contribution in [2.24, 2.45) is 5.84 Å². The van der Waals surface area contributed by atoms with Crippen LogP contribution in [0.5, 0.6) is 0 Å². The number of fused-ring (bicyclic) bond motifs is 1. The van der Waals surface area contributed by atoms with Gasteiger partial charge >= 0.3 is 0 Å². The van der Waals surface area contributed by atoms with E-state index in [0.717, 1.165) is 22.5 Å². The number of hydrogen-bond donors (Lipinski definition) is 3. The molecule has 100 valence electrons. The van der Waals surface area contributed by atoms with Gasteiger partial charge in [-0.2, -0.15) is 4.98 Å². The highest BCUT2D eigenvalue weighted by Crippen LogP contribution is 2.26. The van der Waals surface area contributed by atoms with Gasteiger partial charge in [0.15, 0.2) is 0 Å². The lowest BCUT2D eigenvalue weighted by Crippen LogP contribution is -2.11. The zero-order valence-electron chi connectivity index (χ0n) is 11.1. The molecule has 0 aliphatic heterocycles. The molecule has 2 aromatic carbocycles. The topological polar surface area (TPSA) is 75.9 Å². The Labute approximate surface area is 116 Å². The summed E-state index contributed by atoms with van der Waals surface area (Å²) in [5.41, 5.74) is 4.42. The predicted molar refractivity (Wildman–Crippen MR) is 81.8 cm³/mol. The van der Waals surface area contributed by atoms with Gasteiger partial charge in [0.1, 0.15) is 5.82 Å². The first-order valence-electron chi connectivity index (χ1n) is 6.33. The SMILES string of the molecule is Cc1cnc(NN)nc1Nc1cccc2ccccc12. The Morgan fingerprint density at radius 3 is 2.70 bits per heavy atom. The van der Waals surface area contributed by atoms with Gasteiger partial charge in [-0.05, 0) is 18.4 Å². The molecule has 0 saturated carbocycles. The number of hydrogen-bond acceptors (Lipinski definition) is 5. The van der Waals surface area contributed by atoms with Gasteiger partial charge < -0.3 is 5.32 Å². The Morgan fingerprint density at radius 2 is 1.85 bits per heavy atom. The van der Waals surface area contributed by atoms with Crippen LogP contribution in [-0.2, 0) is 0 Å². The lowest BCUT2D eigenvalue weighted by atomic mass is 10.1. The van der Waals surface area contributed by atoms with E-state index in [0.29, 0.717) is 5.95 Å². The number of hydrazine groups is 1. The second-order valence-electron chi connectivity index (χ2n) is 4.52. The summed E-state index contributed by atoms with van der Waals surface area (Å²) in [5, 5.41) is 5.67. The average Bonchev–Trinajstić information content (AvgIpc) is 2.50. The fourth-order valence-corrected chi connectivity index (χ4v) is 2.10. The fraction of sp³-hybridized carbons (Fsp3) is 0.0667. The van der Waals surface area contributed by atoms with Gasteiger partial charge in [0.05, 0.1) is 0 Å². The van der Waals surface area contributed by atoms with E-state index in [1.54, 1.807) is 6.20 Å². The summed E-state index contributed by atoms with van der Waals surface area (Å²) in [5.74, 6) is 6.48. The van der Waals surface area contributed by atoms with Crippen molar-refractivity contribution >= 4 is 28.2 Å². The van der Waals surface area contributed by atoms with Gasteiger partial charge in [-0.3, -0.25) is 5.43 Å². The van der Waals surface area contributed by atoms with E-state index >= 15 is 0 Å². The molecular formula is C15H15N5. The second-order valence-corrected chi connectivity index (χ2v) is 4.52. The molecule has 0 atom stereocenters. The molecule has 3 aromatic rings. The van der Waals surface area contributed by atoms with Crippen molar-refractivity contribution in [3.63, 3.8) is 0 Å². The largest absolute Gasteiger partial charge is 0.339 e. The molecule has 0 bridgehead atoms. The van der Waals surface area contributed by atoms with Crippen LogP contribution in [0.3, 0.4) is 0 Å². The molecule has 5 heteroatoms. The molecule has 0 fully saturated rings. The minimum absolute atomic E-state index is 0.387. The van der Waals surface area contributed by atoms with Gasteiger partial charge in [-0.1, -0.05) is 36.4 Å². The first-order valence-corrected chi connectivity index (χ1v) is 6.33. The van der Waals surface area contributed by atoms with Crippen LogP contribution in [-0.4, -0.2) is 9.97 Å². The van der Waals surface area contributed by atoms with Crippen LogP contribution in [0.15, 0.2) is 48.7 Å². The number of nitrogens with one attached hydrogen (secondary N) is 2. The van der Waals surface area contributed by atoms with Gasteiger partial charge in [-0.25, -0.2) is 10.8 Å². The number of aryl methyl sites for hydroxylation is 1. The van der Waals surface area contributed by atoms with Crippen molar-refractivity contribution in [2.45, 2.75) is 6.92 Å². The van der Waals surface area contributed by atoms with Crippen LogP contribution in [0.25, 0.3) is 10.8 Å². The predicted octanol–water partition coefficient (Wildman–Crippen LogP) is 2.97. The van der Waals surface area contributed by atoms with E-state index < -0.39 is 0 Å². The number of nitrogen functional groups attached to an aromatic ring is 1. The lowest BCUT2D eigenvalue weighted by molar-refractivity contribution is 1.09. The number of nitrogens with two attached hydrogens (primary N) is 1. The van der Waals surface area contributed by atoms with Crippen molar-refractivity contribution < 1.29 is 0 Å². The number of aromatic nitrogens is 2. The highest BCUT2D eigenvalue weighted by molar-refractivity contribution is 5.95. The Morgan fingerprint density at radius 1 is 1.05 bits per heavy atom. The zero-order valence-corrected chi connectivity index (χ0v) is 11.1. The summed E-state index contributed by atoms with van der Waals surface area (Å²) in [4.78, 5) is 8.41. The first-order chi connectivity index (χ1) is 9.78. The molecule has 0 aliphatic carbocycles. The smallest absolute Gasteiger partial charge is 0.239 e. The summed E-state index contributed by atoms with van der Waals surface area (Å²) in [6.45, 7) is 1.95. The third-order valence-corrected chi connectivity index (χ3v) is 3.14. The molecule has 3 rings (SSSR count). The monoisotopic (exact) mass is 265 g/mol. The van der Waals surface area contributed by atoms with Crippen LogP contribution >= 0.6 is 0 Å². The number of anilines is 3. The highest BCUT2D eigenvalue weighted by Gasteiger charge is 2.06. The Kier molecular flexibility index (Phi) is 3.18. The molecule has 0 radical (unpaired) electrons. The summed E-state index contributed by atoms with van der Waals surface area (Å²) in [6, 6.07) is 14.3. The lowest BCUT2D eigenvalue weighted by Gasteiger charge is -2.11. The third kappa shape index (κ3) is 2.26. The average molecular weight is 265 g/mol. The highest BCUT2D eigenvalue weighted by atomic mass is 15.3. The van der Waals surface area contributed by atoms with E-state index in [2.05, 4.69) is 38.9 Å². The van der Waals surface area contributed by atoms with Crippen LogP contribution < -0.4 is 16.6 Å². The standard InChI is InChI=1S/C15H15N5/c1-10-9-17-15(20-16)19-14(10)18-13-8-4-6-11-5-2-3-7-12(11)13/h2-9H,16H2,1H3,(H2,17,18,19,20).